The van der Waals surface area contributed by atoms with Gasteiger partial charge in [0.15, 0.2) is 0 Å². The van der Waals surface area contributed by atoms with Crippen molar-refractivity contribution in [1.29, 1.82) is 5.26 Å². The molecule has 0 aliphatic carbocycles. The van der Waals surface area contributed by atoms with Crippen molar-refractivity contribution in [3.8, 4) is 11.8 Å². The lowest BCUT2D eigenvalue weighted by Gasteiger charge is -2.09. The first-order valence-electron chi connectivity index (χ1n) is 5.56. The SMILES string of the molecule is Cc1cc(-n2nc(C)c(Br)c2C)c(C#N)c(C)n1. The molecule has 92 valence electrons. The van der Waals surface area contributed by atoms with Crippen LogP contribution < -0.4 is 0 Å². The van der Waals surface area contributed by atoms with Gasteiger partial charge < -0.3 is 0 Å². The lowest BCUT2D eigenvalue weighted by atomic mass is 10.1. The summed E-state index contributed by atoms with van der Waals surface area (Å²) < 4.78 is 2.76. The van der Waals surface area contributed by atoms with E-state index in [1.165, 1.54) is 0 Å². The molecule has 2 aromatic heterocycles. The monoisotopic (exact) mass is 304 g/mol. The highest BCUT2D eigenvalue weighted by Gasteiger charge is 2.15. The van der Waals surface area contributed by atoms with Crippen molar-refractivity contribution in [1.82, 2.24) is 14.8 Å². The number of halogens is 1. The number of aromatic nitrogens is 3. The lowest BCUT2D eigenvalue weighted by Crippen LogP contribution is -2.05. The fourth-order valence-corrected chi connectivity index (χ4v) is 2.22. The molecule has 0 bridgehead atoms. The summed E-state index contributed by atoms with van der Waals surface area (Å²) in [4.78, 5) is 4.31. The molecule has 0 aliphatic heterocycles. The van der Waals surface area contributed by atoms with Crippen molar-refractivity contribution < 1.29 is 0 Å². The molecule has 0 spiro atoms. The largest absolute Gasteiger partial charge is 0.257 e. The highest BCUT2D eigenvalue weighted by atomic mass is 79.9. The van der Waals surface area contributed by atoms with E-state index in [1.807, 2.05) is 33.8 Å². The molecule has 0 aromatic carbocycles. The zero-order chi connectivity index (χ0) is 13.4. The van der Waals surface area contributed by atoms with E-state index in [4.69, 9.17) is 0 Å². The Morgan fingerprint density at radius 3 is 2.39 bits per heavy atom. The van der Waals surface area contributed by atoms with E-state index in [1.54, 1.807) is 4.68 Å². The Labute approximate surface area is 114 Å². The number of aryl methyl sites for hydroxylation is 3. The van der Waals surface area contributed by atoms with Gasteiger partial charge >= 0.3 is 0 Å². The Balaban J connectivity index is 2.79. The highest BCUT2D eigenvalue weighted by molar-refractivity contribution is 9.10. The summed E-state index contributed by atoms with van der Waals surface area (Å²) >= 11 is 3.50. The fraction of sp³-hybridized carbons (Fsp3) is 0.308. The van der Waals surface area contributed by atoms with Crippen molar-refractivity contribution >= 4 is 15.9 Å². The molecular formula is C13H13BrN4. The van der Waals surface area contributed by atoms with Gasteiger partial charge in [0.2, 0.25) is 0 Å². The summed E-state index contributed by atoms with van der Waals surface area (Å²) in [5, 5.41) is 13.7. The van der Waals surface area contributed by atoms with E-state index < -0.39 is 0 Å². The van der Waals surface area contributed by atoms with Crippen LogP contribution in [-0.4, -0.2) is 14.8 Å². The van der Waals surface area contributed by atoms with Gasteiger partial charge in [-0.15, -0.1) is 0 Å². The Kier molecular flexibility index (Phi) is 3.22. The summed E-state index contributed by atoms with van der Waals surface area (Å²) in [5.41, 5.74) is 4.85. The Morgan fingerprint density at radius 2 is 1.89 bits per heavy atom. The van der Waals surface area contributed by atoms with Crippen molar-refractivity contribution in [2.45, 2.75) is 27.7 Å². The minimum Gasteiger partial charge on any atom is -0.257 e. The van der Waals surface area contributed by atoms with Crippen molar-refractivity contribution in [3.05, 3.63) is 38.9 Å². The molecule has 4 nitrogen and oxygen atoms in total. The van der Waals surface area contributed by atoms with Crippen LogP contribution in [0, 0.1) is 39.0 Å². The van der Waals surface area contributed by atoms with Crippen LogP contribution in [0.4, 0.5) is 0 Å². The molecule has 0 N–H and O–H groups in total. The van der Waals surface area contributed by atoms with Gasteiger partial charge in [0.05, 0.1) is 32.8 Å². The van der Waals surface area contributed by atoms with Crippen molar-refractivity contribution in [3.63, 3.8) is 0 Å². The molecule has 0 fully saturated rings. The molecule has 5 heteroatoms. The topological polar surface area (TPSA) is 54.5 Å². The van der Waals surface area contributed by atoms with E-state index in [2.05, 4.69) is 32.1 Å². The maximum Gasteiger partial charge on any atom is 0.103 e. The highest BCUT2D eigenvalue weighted by Crippen LogP contribution is 2.25. The zero-order valence-corrected chi connectivity index (χ0v) is 12.3. The summed E-state index contributed by atoms with van der Waals surface area (Å²) in [6.07, 6.45) is 0. The van der Waals surface area contributed by atoms with Crippen molar-refractivity contribution in [2.75, 3.05) is 0 Å². The maximum absolute atomic E-state index is 9.28. The summed E-state index contributed by atoms with van der Waals surface area (Å²) in [7, 11) is 0. The predicted molar refractivity (Wildman–Crippen MR) is 72.7 cm³/mol. The number of rotatable bonds is 1. The average Bonchev–Trinajstić information content (AvgIpc) is 2.56. The van der Waals surface area contributed by atoms with E-state index in [-0.39, 0.29) is 0 Å². The Hall–Kier alpha value is -1.67. The number of pyridine rings is 1. The van der Waals surface area contributed by atoms with Crippen LogP contribution >= 0.6 is 15.9 Å². The zero-order valence-electron chi connectivity index (χ0n) is 10.7. The van der Waals surface area contributed by atoms with Crippen LogP contribution in [-0.2, 0) is 0 Å². The fourth-order valence-electron chi connectivity index (χ4n) is 1.97. The van der Waals surface area contributed by atoms with E-state index in [0.717, 1.165) is 32.9 Å². The van der Waals surface area contributed by atoms with Gasteiger partial charge in [-0.25, -0.2) is 4.68 Å². The normalized spacial score (nSPS) is 10.4. The van der Waals surface area contributed by atoms with Gasteiger partial charge in [-0.1, -0.05) is 0 Å². The minimum atomic E-state index is 0.568. The minimum absolute atomic E-state index is 0.568. The predicted octanol–water partition coefficient (Wildman–Crippen LogP) is 3.14. The van der Waals surface area contributed by atoms with Crippen LogP contribution in [0.1, 0.15) is 28.3 Å². The number of nitrogens with zero attached hydrogens (tertiary/aromatic N) is 4. The first kappa shape index (κ1) is 12.8. The molecule has 0 atom stereocenters. The number of nitriles is 1. The number of hydrogen-bond acceptors (Lipinski definition) is 3. The Morgan fingerprint density at radius 1 is 1.22 bits per heavy atom. The molecule has 2 aromatic rings. The van der Waals surface area contributed by atoms with Crippen LogP contribution in [0.15, 0.2) is 10.5 Å². The van der Waals surface area contributed by atoms with Gasteiger partial charge in [-0.05, 0) is 49.7 Å². The molecule has 0 unspecified atom stereocenters. The molecule has 0 aliphatic rings. The lowest BCUT2D eigenvalue weighted by molar-refractivity contribution is 0.823. The molecule has 0 radical (unpaired) electrons. The third kappa shape index (κ3) is 1.93. The quantitative estimate of drug-likeness (QED) is 0.813. The van der Waals surface area contributed by atoms with E-state index in [0.29, 0.717) is 5.56 Å². The summed E-state index contributed by atoms with van der Waals surface area (Å²) in [6.45, 7) is 7.66. The smallest absolute Gasteiger partial charge is 0.103 e. The molecular weight excluding hydrogens is 292 g/mol. The third-order valence-electron chi connectivity index (χ3n) is 2.85. The maximum atomic E-state index is 9.28. The van der Waals surface area contributed by atoms with Crippen LogP contribution in [0.2, 0.25) is 0 Å². The van der Waals surface area contributed by atoms with Gasteiger partial charge in [-0.2, -0.15) is 10.4 Å². The summed E-state index contributed by atoms with van der Waals surface area (Å²) in [6, 6.07) is 4.09. The van der Waals surface area contributed by atoms with Gasteiger partial charge in [0, 0.05) is 5.69 Å². The third-order valence-corrected chi connectivity index (χ3v) is 4.00. The van der Waals surface area contributed by atoms with Crippen LogP contribution in [0.3, 0.4) is 0 Å². The first-order chi connectivity index (χ1) is 8.45. The molecule has 18 heavy (non-hydrogen) atoms. The van der Waals surface area contributed by atoms with E-state index in [9.17, 15) is 5.26 Å². The Bertz CT molecular complexity index is 665. The molecule has 0 amide bonds. The second kappa shape index (κ2) is 4.54. The molecule has 2 heterocycles. The molecule has 0 saturated heterocycles. The first-order valence-corrected chi connectivity index (χ1v) is 6.35. The summed E-state index contributed by atoms with van der Waals surface area (Å²) in [5.74, 6) is 0. The second-order valence-corrected chi connectivity index (χ2v) is 5.04. The van der Waals surface area contributed by atoms with E-state index >= 15 is 0 Å². The average molecular weight is 305 g/mol. The molecule has 2 rings (SSSR count). The molecule has 0 saturated carbocycles. The number of hydrogen-bond donors (Lipinski definition) is 0. The standard InChI is InChI=1S/C13H13BrN4/c1-7-5-12(11(6-15)8(2)16-7)18-10(4)13(14)9(3)17-18/h5H,1-4H3. The van der Waals surface area contributed by atoms with Crippen molar-refractivity contribution in [2.24, 2.45) is 0 Å². The van der Waals surface area contributed by atoms with Crippen LogP contribution in [0.5, 0.6) is 0 Å². The second-order valence-electron chi connectivity index (χ2n) is 4.25. The van der Waals surface area contributed by atoms with Gasteiger partial charge in [0.25, 0.3) is 0 Å². The van der Waals surface area contributed by atoms with Gasteiger partial charge in [0.1, 0.15) is 6.07 Å². The van der Waals surface area contributed by atoms with Gasteiger partial charge in [-0.3, -0.25) is 4.98 Å². The van der Waals surface area contributed by atoms with Crippen LogP contribution in [0.25, 0.3) is 5.69 Å².